The SMILES string of the molecule is COc1ccc(C(=O)[C@H]2CC(=O)Nc3c2c(C)nn3-c2ccc(C)c(C)c2)cc1OC. The molecular formula is C24H25N3O4. The maximum absolute atomic E-state index is 13.5. The number of carbonyl (C=O) groups excluding carboxylic acids is 2. The molecule has 0 fully saturated rings. The van der Waals surface area contributed by atoms with Crippen molar-refractivity contribution in [2.75, 3.05) is 19.5 Å². The van der Waals surface area contributed by atoms with Crippen molar-refractivity contribution >= 4 is 17.5 Å². The second kappa shape index (κ2) is 7.91. The van der Waals surface area contributed by atoms with Crippen LogP contribution in [0.1, 0.15) is 45.1 Å². The molecule has 3 aromatic rings. The van der Waals surface area contributed by atoms with Crippen molar-refractivity contribution in [2.24, 2.45) is 0 Å². The van der Waals surface area contributed by atoms with E-state index in [1.165, 1.54) is 12.7 Å². The van der Waals surface area contributed by atoms with Crippen molar-refractivity contribution in [1.82, 2.24) is 9.78 Å². The zero-order valence-corrected chi connectivity index (χ0v) is 18.3. The van der Waals surface area contributed by atoms with Gasteiger partial charge in [0.1, 0.15) is 5.82 Å². The average molecular weight is 419 g/mol. The molecule has 1 aliphatic rings. The van der Waals surface area contributed by atoms with Crippen molar-refractivity contribution in [2.45, 2.75) is 33.1 Å². The van der Waals surface area contributed by atoms with E-state index in [1.54, 1.807) is 30.0 Å². The summed E-state index contributed by atoms with van der Waals surface area (Å²) in [6.45, 7) is 5.94. The van der Waals surface area contributed by atoms with E-state index in [9.17, 15) is 9.59 Å². The van der Waals surface area contributed by atoms with Crippen LogP contribution in [0.5, 0.6) is 11.5 Å². The van der Waals surface area contributed by atoms with Gasteiger partial charge in [0, 0.05) is 17.5 Å². The lowest BCUT2D eigenvalue weighted by Gasteiger charge is -2.23. The summed E-state index contributed by atoms with van der Waals surface area (Å²) in [4.78, 5) is 26.0. The second-order valence-electron chi connectivity index (χ2n) is 7.77. The number of nitrogens with zero attached hydrogens (tertiary/aromatic N) is 2. The molecule has 2 heterocycles. The first-order valence-electron chi connectivity index (χ1n) is 10.1. The van der Waals surface area contributed by atoms with E-state index in [0.29, 0.717) is 28.6 Å². The van der Waals surface area contributed by atoms with Crippen LogP contribution in [0.3, 0.4) is 0 Å². The number of aryl methyl sites for hydroxylation is 3. The highest BCUT2D eigenvalue weighted by atomic mass is 16.5. The maximum atomic E-state index is 13.5. The van der Waals surface area contributed by atoms with Crippen LogP contribution in [0, 0.1) is 20.8 Å². The Morgan fingerprint density at radius 1 is 1.03 bits per heavy atom. The molecule has 4 rings (SSSR count). The molecule has 1 aromatic heterocycles. The normalized spacial score (nSPS) is 15.3. The molecule has 0 bridgehead atoms. The van der Waals surface area contributed by atoms with Gasteiger partial charge in [-0.15, -0.1) is 0 Å². The Labute approximate surface area is 181 Å². The molecule has 0 unspecified atom stereocenters. The van der Waals surface area contributed by atoms with Gasteiger partial charge in [-0.25, -0.2) is 4.68 Å². The van der Waals surface area contributed by atoms with Gasteiger partial charge in [-0.05, 0) is 62.2 Å². The van der Waals surface area contributed by atoms with Gasteiger partial charge in [0.15, 0.2) is 17.3 Å². The third-order valence-electron chi connectivity index (χ3n) is 5.82. The fourth-order valence-electron chi connectivity index (χ4n) is 4.01. The van der Waals surface area contributed by atoms with Crippen LogP contribution in [0.25, 0.3) is 5.69 Å². The molecule has 2 aromatic carbocycles. The number of anilines is 1. The number of hydrogen-bond donors (Lipinski definition) is 1. The number of amides is 1. The highest BCUT2D eigenvalue weighted by molar-refractivity contribution is 6.08. The standard InChI is InChI=1S/C24H25N3O4/c1-13-6-8-17(10-14(13)2)27-24-22(15(3)26-27)18(12-21(28)25-24)23(29)16-7-9-19(30-4)20(11-16)31-5/h6-11,18H,12H2,1-5H3,(H,25,28)/t18-/m0/s1. The molecule has 7 nitrogen and oxygen atoms in total. The number of ether oxygens (including phenoxy) is 2. The molecule has 1 aliphatic heterocycles. The first-order valence-corrected chi connectivity index (χ1v) is 10.1. The quantitative estimate of drug-likeness (QED) is 0.629. The third-order valence-corrected chi connectivity index (χ3v) is 5.82. The Balaban J connectivity index is 1.79. The second-order valence-corrected chi connectivity index (χ2v) is 7.77. The van der Waals surface area contributed by atoms with Crippen molar-refractivity contribution in [1.29, 1.82) is 0 Å². The van der Waals surface area contributed by atoms with E-state index < -0.39 is 5.92 Å². The molecule has 0 saturated carbocycles. The average Bonchev–Trinajstić information content (AvgIpc) is 3.10. The number of benzene rings is 2. The molecule has 7 heteroatoms. The summed E-state index contributed by atoms with van der Waals surface area (Å²) < 4.78 is 12.3. The largest absolute Gasteiger partial charge is 0.493 e. The number of carbonyl (C=O) groups is 2. The number of methoxy groups -OCH3 is 2. The van der Waals surface area contributed by atoms with Crippen LogP contribution in [0.2, 0.25) is 0 Å². The van der Waals surface area contributed by atoms with Gasteiger partial charge in [-0.1, -0.05) is 6.07 Å². The molecule has 31 heavy (non-hydrogen) atoms. The molecule has 1 atom stereocenters. The van der Waals surface area contributed by atoms with Crippen molar-refractivity contribution < 1.29 is 19.1 Å². The Kier molecular flexibility index (Phi) is 5.27. The van der Waals surface area contributed by atoms with Crippen LogP contribution in [-0.4, -0.2) is 35.7 Å². The summed E-state index contributed by atoms with van der Waals surface area (Å²) in [6, 6.07) is 11.0. The van der Waals surface area contributed by atoms with Crippen LogP contribution < -0.4 is 14.8 Å². The zero-order chi connectivity index (χ0) is 22.3. The zero-order valence-electron chi connectivity index (χ0n) is 18.3. The number of ketones is 1. The van der Waals surface area contributed by atoms with Crippen LogP contribution in [0.15, 0.2) is 36.4 Å². The molecule has 160 valence electrons. The van der Waals surface area contributed by atoms with Gasteiger partial charge in [0.05, 0.1) is 31.5 Å². The van der Waals surface area contributed by atoms with E-state index in [1.807, 2.05) is 39.0 Å². The summed E-state index contributed by atoms with van der Waals surface area (Å²) in [5.41, 5.74) is 5.06. The number of aromatic nitrogens is 2. The van der Waals surface area contributed by atoms with Crippen LogP contribution in [0.4, 0.5) is 5.82 Å². The van der Waals surface area contributed by atoms with Crippen molar-refractivity contribution in [3.05, 3.63) is 64.3 Å². The summed E-state index contributed by atoms with van der Waals surface area (Å²) in [5.74, 6) is 0.574. The Morgan fingerprint density at radius 3 is 2.45 bits per heavy atom. The number of fused-ring (bicyclic) bond motifs is 1. The highest BCUT2D eigenvalue weighted by Gasteiger charge is 2.36. The predicted molar refractivity (Wildman–Crippen MR) is 118 cm³/mol. The van der Waals surface area contributed by atoms with Gasteiger partial charge >= 0.3 is 0 Å². The smallest absolute Gasteiger partial charge is 0.226 e. The van der Waals surface area contributed by atoms with Gasteiger partial charge in [0.2, 0.25) is 5.91 Å². The van der Waals surface area contributed by atoms with E-state index in [4.69, 9.17) is 9.47 Å². The van der Waals surface area contributed by atoms with Crippen molar-refractivity contribution in [3.63, 3.8) is 0 Å². The fourth-order valence-corrected chi connectivity index (χ4v) is 4.01. The van der Waals surface area contributed by atoms with Gasteiger partial charge in [-0.3, -0.25) is 9.59 Å². The van der Waals surface area contributed by atoms with Gasteiger partial charge < -0.3 is 14.8 Å². The van der Waals surface area contributed by atoms with Crippen molar-refractivity contribution in [3.8, 4) is 17.2 Å². The highest BCUT2D eigenvalue weighted by Crippen LogP contribution is 2.39. The molecule has 0 saturated heterocycles. The monoisotopic (exact) mass is 419 g/mol. The molecule has 0 aliphatic carbocycles. The topological polar surface area (TPSA) is 82.5 Å². The maximum Gasteiger partial charge on any atom is 0.226 e. The molecule has 1 amide bonds. The molecule has 0 spiro atoms. The number of Topliss-reactive ketones (excluding diaryl/α,β-unsaturated/α-hetero) is 1. The summed E-state index contributed by atoms with van der Waals surface area (Å²) in [7, 11) is 3.07. The first kappa shape index (κ1) is 20.7. The number of nitrogens with one attached hydrogen (secondary N) is 1. The minimum Gasteiger partial charge on any atom is -0.493 e. The van der Waals surface area contributed by atoms with E-state index in [-0.39, 0.29) is 18.1 Å². The summed E-state index contributed by atoms with van der Waals surface area (Å²) in [6.07, 6.45) is 0.0691. The lowest BCUT2D eigenvalue weighted by Crippen LogP contribution is -2.28. The van der Waals surface area contributed by atoms with E-state index in [2.05, 4.69) is 10.4 Å². The minimum atomic E-state index is -0.623. The predicted octanol–water partition coefficient (Wildman–Crippen LogP) is 4.12. The lowest BCUT2D eigenvalue weighted by molar-refractivity contribution is -0.116. The van der Waals surface area contributed by atoms with Gasteiger partial charge in [0.25, 0.3) is 0 Å². The summed E-state index contributed by atoms with van der Waals surface area (Å²) >= 11 is 0. The van der Waals surface area contributed by atoms with E-state index in [0.717, 1.165) is 16.8 Å². The van der Waals surface area contributed by atoms with E-state index >= 15 is 0 Å². The van der Waals surface area contributed by atoms with Crippen LogP contribution >= 0.6 is 0 Å². The van der Waals surface area contributed by atoms with Gasteiger partial charge in [-0.2, -0.15) is 5.10 Å². The Bertz CT molecular complexity index is 1200. The Hall–Kier alpha value is -3.61. The fraction of sp³-hybridized carbons (Fsp3) is 0.292. The number of rotatable bonds is 5. The minimum absolute atomic E-state index is 0.0691. The Morgan fingerprint density at radius 2 is 1.77 bits per heavy atom. The molecule has 1 N–H and O–H groups in total. The van der Waals surface area contributed by atoms with Crippen LogP contribution in [-0.2, 0) is 4.79 Å². The number of hydrogen-bond acceptors (Lipinski definition) is 5. The summed E-state index contributed by atoms with van der Waals surface area (Å²) in [5, 5.41) is 7.58. The third kappa shape index (κ3) is 3.56. The lowest BCUT2D eigenvalue weighted by atomic mass is 9.85. The molecule has 0 radical (unpaired) electrons. The first-order chi connectivity index (χ1) is 14.8. The molecular weight excluding hydrogens is 394 g/mol.